The van der Waals surface area contributed by atoms with Crippen molar-refractivity contribution in [2.24, 2.45) is 23.7 Å². The number of carbonyl (C=O) groups excluding carboxylic acids is 4. The lowest BCUT2D eigenvalue weighted by Crippen LogP contribution is -2.38. The first-order chi connectivity index (χ1) is 12.5. The van der Waals surface area contributed by atoms with Crippen molar-refractivity contribution in [2.45, 2.75) is 19.3 Å². The van der Waals surface area contributed by atoms with Crippen molar-refractivity contribution in [1.82, 2.24) is 4.90 Å². The van der Waals surface area contributed by atoms with Gasteiger partial charge >= 0.3 is 5.97 Å². The van der Waals surface area contributed by atoms with Crippen molar-refractivity contribution in [2.75, 3.05) is 13.2 Å². The number of ether oxygens (including phenoxy) is 1. The SMILES string of the molecule is O=C(CN1C(=O)[C@@H]2[C@H]3CC[C@@H](C3)[C@H]2C1=O)OCC(=O)c1ccc(Br)cc1. The predicted octanol–water partition coefficient (Wildman–Crippen LogP) is 2.21. The number of imide groups is 1. The van der Waals surface area contributed by atoms with Crippen LogP contribution < -0.4 is 0 Å². The number of benzene rings is 1. The first-order valence-corrected chi connectivity index (χ1v) is 9.54. The van der Waals surface area contributed by atoms with Crippen LogP contribution >= 0.6 is 15.9 Å². The lowest BCUT2D eigenvalue weighted by molar-refractivity contribution is -0.152. The van der Waals surface area contributed by atoms with Gasteiger partial charge in [0.1, 0.15) is 6.54 Å². The van der Waals surface area contributed by atoms with Gasteiger partial charge in [-0.3, -0.25) is 24.1 Å². The second kappa shape index (κ2) is 6.61. The van der Waals surface area contributed by atoms with Crippen molar-refractivity contribution in [3.63, 3.8) is 0 Å². The van der Waals surface area contributed by atoms with Crippen molar-refractivity contribution in [1.29, 1.82) is 0 Å². The van der Waals surface area contributed by atoms with Crippen LogP contribution in [0.4, 0.5) is 0 Å². The highest BCUT2D eigenvalue weighted by molar-refractivity contribution is 9.10. The number of esters is 1. The first-order valence-electron chi connectivity index (χ1n) is 8.75. The summed E-state index contributed by atoms with van der Waals surface area (Å²) in [6, 6.07) is 6.71. The molecule has 2 amide bonds. The molecule has 0 unspecified atom stereocenters. The lowest BCUT2D eigenvalue weighted by atomic mass is 9.81. The van der Waals surface area contributed by atoms with E-state index in [0.29, 0.717) is 5.56 Å². The van der Waals surface area contributed by atoms with Gasteiger partial charge in [-0.2, -0.15) is 0 Å². The summed E-state index contributed by atoms with van der Waals surface area (Å²) in [5.74, 6) is -1.50. The van der Waals surface area contributed by atoms with E-state index in [9.17, 15) is 19.2 Å². The zero-order valence-electron chi connectivity index (χ0n) is 14.0. The van der Waals surface area contributed by atoms with E-state index in [1.807, 2.05) is 0 Å². The van der Waals surface area contributed by atoms with Gasteiger partial charge < -0.3 is 4.74 Å². The summed E-state index contributed by atoms with van der Waals surface area (Å²) in [5, 5.41) is 0. The highest BCUT2D eigenvalue weighted by Gasteiger charge is 2.61. The van der Waals surface area contributed by atoms with Crippen LogP contribution in [0.15, 0.2) is 28.7 Å². The molecule has 1 saturated heterocycles. The minimum atomic E-state index is -0.732. The number of amides is 2. The molecule has 0 radical (unpaired) electrons. The quantitative estimate of drug-likeness (QED) is 0.415. The average Bonchev–Trinajstić information content (AvgIpc) is 3.30. The number of likely N-dealkylation sites (tertiary alicyclic amines) is 1. The van der Waals surface area contributed by atoms with E-state index < -0.39 is 19.1 Å². The van der Waals surface area contributed by atoms with Crippen LogP contribution in [-0.4, -0.2) is 41.6 Å². The second-order valence-electron chi connectivity index (χ2n) is 7.24. The van der Waals surface area contributed by atoms with Gasteiger partial charge in [0.15, 0.2) is 12.4 Å². The molecule has 2 saturated carbocycles. The highest BCUT2D eigenvalue weighted by Crippen LogP contribution is 2.56. The summed E-state index contributed by atoms with van der Waals surface area (Å²) in [6.45, 7) is -0.813. The van der Waals surface area contributed by atoms with E-state index in [0.717, 1.165) is 28.6 Å². The standard InChI is InChI=1S/C19H18BrNO5/c20-13-5-3-10(4-6-13)14(22)9-26-15(23)8-21-18(24)16-11-1-2-12(7-11)17(16)19(21)25/h3-6,11-12,16-17H,1-2,7-9H2/t11-,12-,16+,17+/m0/s1. The lowest BCUT2D eigenvalue weighted by Gasteiger charge is -2.19. The first kappa shape index (κ1) is 17.4. The molecule has 3 fully saturated rings. The Morgan fingerprint density at radius 1 is 1.04 bits per heavy atom. The molecule has 7 heteroatoms. The van der Waals surface area contributed by atoms with Crippen molar-refractivity contribution in [3.05, 3.63) is 34.3 Å². The maximum atomic E-state index is 12.5. The van der Waals surface area contributed by atoms with Gasteiger partial charge in [0.2, 0.25) is 11.8 Å². The van der Waals surface area contributed by atoms with Gasteiger partial charge in [-0.15, -0.1) is 0 Å². The third kappa shape index (κ3) is 2.88. The minimum absolute atomic E-state index is 0.247. The van der Waals surface area contributed by atoms with E-state index in [1.54, 1.807) is 24.3 Å². The largest absolute Gasteiger partial charge is 0.456 e. The fourth-order valence-corrected chi connectivity index (χ4v) is 4.93. The molecule has 2 aliphatic carbocycles. The molecule has 0 N–H and O–H groups in total. The Morgan fingerprint density at radius 3 is 2.19 bits per heavy atom. The van der Waals surface area contributed by atoms with Gasteiger partial charge in [0.25, 0.3) is 0 Å². The highest BCUT2D eigenvalue weighted by atomic mass is 79.9. The fourth-order valence-electron chi connectivity index (χ4n) is 4.67. The smallest absolute Gasteiger partial charge is 0.326 e. The molecule has 1 aromatic carbocycles. The number of rotatable bonds is 5. The van der Waals surface area contributed by atoms with Gasteiger partial charge in [0, 0.05) is 10.0 Å². The van der Waals surface area contributed by atoms with E-state index in [-0.39, 0.29) is 41.3 Å². The Bertz CT molecular complexity index is 762. The summed E-state index contributed by atoms with van der Waals surface area (Å²) in [4.78, 5) is 50.2. The maximum absolute atomic E-state index is 12.5. The summed E-state index contributed by atoms with van der Waals surface area (Å²) >= 11 is 3.28. The van der Waals surface area contributed by atoms with E-state index in [2.05, 4.69) is 15.9 Å². The number of Topliss-reactive ketones (excluding diaryl/α,β-unsaturated/α-hetero) is 1. The van der Waals surface area contributed by atoms with E-state index in [1.165, 1.54) is 0 Å². The van der Waals surface area contributed by atoms with E-state index >= 15 is 0 Å². The molecule has 6 nitrogen and oxygen atoms in total. The zero-order valence-corrected chi connectivity index (χ0v) is 15.6. The average molecular weight is 420 g/mol. The normalized spacial score (nSPS) is 29.2. The van der Waals surface area contributed by atoms with Crippen molar-refractivity contribution < 1.29 is 23.9 Å². The Hall–Kier alpha value is -2.02. The zero-order chi connectivity index (χ0) is 18.4. The molecule has 2 bridgehead atoms. The second-order valence-corrected chi connectivity index (χ2v) is 8.15. The van der Waals surface area contributed by atoms with Crippen LogP contribution in [0, 0.1) is 23.7 Å². The summed E-state index contributed by atoms with van der Waals surface area (Å²) in [5.41, 5.74) is 0.431. The van der Waals surface area contributed by atoms with E-state index in [4.69, 9.17) is 4.74 Å². The number of nitrogens with zero attached hydrogens (tertiary/aromatic N) is 1. The van der Waals surface area contributed by atoms with Gasteiger partial charge in [0.05, 0.1) is 11.8 Å². The topological polar surface area (TPSA) is 80.8 Å². The number of halogens is 1. The number of ketones is 1. The Morgan fingerprint density at radius 2 is 1.62 bits per heavy atom. The molecule has 136 valence electrons. The molecule has 3 aliphatic rings. The number of hydrogen-bond donors (Lipinski definition) is 0. The number of carbonyl (C=O) groups is 4. The minimum Gasteiger partial charge on any atom is -0.456 e. The molecule has 1 aromatic rings. The molecular formula is C19H18BrNO5. The molecule has 4 rings (SSSR count). The fraction of sp³-hybridized carbons (Fsp3) is 0.474. The van der Waals surface area contributed by atoms with Crippen molar-refractivity contribution >= 4 is 39.5 Å². The van der Waals surface area contributed by atoms with Crippen LogP contribution in [0.1, 0.15) is 29.6 Å². The summed E-state index contributed by atoms with van der Waals surface area (Å²) in [6.07, 6.45) is 2.93. The Balaban J connectivity index is 1.34. The van der Waals surface area contributed by atoms with Gasteiger partial charge in [-0.1, -0.05) is 28.1 Å². The van der Waals surface area contributed by atoms with Gasteiger partial charge in [-0.25, -0.2) is 0 Å². The Kier molecular flexibility index (Phi) is 4.42. The third-order valence-corrected chi connectivity index (χ3v) is 6.37. The molecule has 1 aliphatic heterocycles. The van der Waals surface area contributed by atoms with Gasteiger partial charge in [-0.05, 0) is 43.2 Å². The number of hydrogen-bond acceptors (Lipinski definition) is 5. The monoisotopic (exact) mass is 419 g/mol. The van der Waals surface area contributed by atoms with Crippen LogP contribution in [0.3, 0.4) is 0 Å². The summed E-state index contributed by atoms with van der Waals surface area (Å²) < 4.78 is 5.84. The Labute approximate surface area is 159 Å². The molecule has 1 heterocycles. The maximum Gasteiger partial charge on any atom is 0.326 e. The molecule has 4 atom stereocenters. The van der Waals surface area contributed by atoms with Crippen molar-refractivity contribution in [3.8, 4) is 0 Å². The predicted molar refractivity (Wildman–Crippen MR) is 94.0 cm³/mol. The molecular weight excluding hydrogens is 402 g/mol. The van der Waals surface area contributed by atoms with Crippen LogP contribution in [0.5, 0.6) is 0 Å². The number of fused-ring (bicyclic) bond motifs is 5. The van der Waals surface area contributed by atoms with Crippen LogP contribution in [0.2, 0.25) is 0 Å². The molecule has 0 spiro atoms. The molecule has 26 heavy (non-hydrogen) atoms. The molecule has 0 aromatic heterocycles. The summed E-state index contributed by atoms with van der Waals surface area (Å²) in [7, 11) is 0. The van der Waals surface area contributed by atoms with Crippen LogP contribution in [0.25, 0.3) is 0 Å². The third-order valence-electron chi connectivity index (χ3n) is 5.84. The van der Waals surface area contributed by atoms with Crippen LogP contribution in [-0.2, 0) is 19.1 Å².